The van der Waals surface area contributed by atoms with E-state index in [-0.39, 0.29) is 5.82 Å². The van der Waals surface area contributed by atoms with Gasteiger partial charge in [0.05, 0.1) is 6.54 Å². The maximum atomic E-state index is 13.1. The van der Waals surface area contributed by atoms with Gasteiger partial charge in [-0.1, -0.05) is 15.9 Å². The molecule has 0 unspecified atom stereocenters. The van der Waals surface area contributed by atoms with E-state index in [4.69, 9.17) is 0 Å². The van der Waals surface area contributed by atoms with Gasteiger partial charge in [-0.15, -0.1) is 10.2 Å². The lowest BCUT2D eigenvalue weighted by atomic mass is 10.2. The van der Waals surface area contributed by atoms with Crippen molar-refractivity contribution in [1.82, 2.24) is 20.1 Å². The van der Waals surface area contributed by atoms with Crippen LogP contribution in [0.1, 0.15) is 11.4 Å². The number of halogens is 2. The Labute approximate surface area is 107 Å². The van der Waals surface area contributed by atoms with E-state index in [0.717, 1.165) is 15.9 Å². The van der Waals surface area contributed by atoms with Crippen LogP contribution in [0.2, 0.25) is 0 Å². The second-order valence-electron chi connectivity index (χ2n) is 3.74. The van der Waals surface area contributed by atoms with Gasteiger partial charge in [0.1, 0.15) is 18.0 Å². The zero-order valence-electron chi connectivity index (χ0n) is 9.32. The van der Waals surface area contributed by atoms with E-state index in [0.29, 0.717) is 13.1 Å². The predicted molar refractivity (Wildman–Crippen MR) is 65.6 cm³/mol. The molecular weight excluding hydrogens is 287 g/mol. The summed E-state index contributed by atoms with van der Waals surface area (Å²) in [7, 11) is 1.88. The number of rotatable bonds is 4. The third-order valence-electron chi connectivity index (χ3n) is 2.34. The summed E-state index contributed by atoms with van der Waals surface area (Å²) < 4.78 is 15.7. The Morgan fingerprint density at radius 3 is 2.82 bits per heavy atom. The van der Waals surface area contributed by atoms with Crippen LogP contribution in [0.25, 0.3) is 0 Å². The number of benzene rings is 1. The number of aryl methyl sites for hydroxylation is 1. The standard InChI is InChI=1S/C11H12BrFN4/c1-17-7-15-16-11(17)6-14-5-8-2-9(12)4-10(13)3-8/h2-4,7,14H,5-6H2,1H3. The lowest BCUT2D eigenvalue weighted by Crippen LogP contribution is -2.15. The van der Waals surface area contributed by atoms with Crippen LogP contribution in [0, 0.1) is 5.82 Å². The summed E-state index contributed by atoms with van der Waals surface area (Å²) in [6.07, 6.45) is 1.65. The highest BCUT2D eigenvalue weighted by Crippen LogP contribution is 2.14. The van der Waals surface area contributed by atoms with E-state index >= 15 is 0 Å². The van der Waals surface area contributed by atoms with Crippen molar-refractivity contribution in [1.29, 1.82) is 0 Å². The Hall–Kier alpha value is -1.27. The minimum Gasteiger partial charge on any atom is -0.320 e. The molecule has 0 saturated carbocycles. The summed E-state index contributed by atoms with van der Waals surface area (Å²) in [5.74, 6) is 0.607. The molecule has 2 aromatic rings. The van der Waals surface area contributed by atoms with Gasteiger partial charge in [0.15, 0.2) is 0 Å². The Morgan fingerprint density at radius 2 is 2.18 bits per heavy atom. The maximum Gasteiger partial charge on any atom is 0.146 e. The molecule has 4 nitrogen and oxygen atoms in total. The highest BCUT2D eigenvalue weighted by molar-refractivity contribution is 9.10. The van der Waals surface area contributed by atoms with Gasteiger partial charge in [-0.25, -0.2) is 4.39 Å². The summed E-state index contributed by atoms with van der Waals surface area (Å²) >= 11 is 3.26. The number of aromatic nitrogens is 3. The molecule has 0 aliphatic heterocycles. The maximum absolute atomic E-state index is 13.1. The first-order valence-corrected chi connectivity index (χ1v) is 5.93. The van der Waals surface area contributed by atoms with Gasteiger partial charge in [0.25, 0.3) is 0 Å². The molecular formula is C11H12BrFN4. The van der Waals surface area contributed by atoms with E-state index in [2.05, 4.69) is 31.4 Å². The van der Waals surface area contributed by atoms with Crippen molar-refractivity contribution < 1.29 is 4.39 Å². The highest BCUT2D eigenvalue weighted by Gasteiger charge is 2.01. The summed E-state index contributed by atoms with van der Waals surface area (Å²) in [6, 6.07) is 4.83. The van der Waals surface area contributed by atoms with E-state index in [1.54, 1.807) is 6.33 Å². The van der Waals surface area contributed by atoms with E-state index < -0.39 is 0 Å². The summed E-state index contributed by atoms with van der Waals surface area (Å²) in [4.78, 5) is 0. The summed E-state index contributed by atoms with van der Waals surface area (Å²) in [5.41, 5.74) is 0.888. The van der Waals surface area contributed by atoms with Crippen molar-refractivity contribution in [3.8, 4) is 0 Å². The Balaban J connectivity index is 1.92. The largest absolute Gasteiger partial charge is 0.320 e. The van der Waals surface area contributed by atoms with Crippen LogP contribution in [0.3, 0.4) is 0 Å². The quantitative estimate of drug-likeness (QED) is 0.939. The van der Waals surface area contributed by atoms with Crippen LogP contribution < -0.4 is 5.32 Å². The second kappa shape index (κ2) is 5.37. The molecule has 17 heavy (non-hydrogen) atoms. The van der Waals surface area contributed by atoms with Gasteiger partial charge in [-0.3, -0.25) is 0 Å². The molecule has 0 amide bonds. The van der Waals surface area contributed by atoms with Crippen molar-refractivity contribution in [3.63, 3.8) is 0 Å². The topological polar surface area (TPSA) is 42.7 Å². The van der Waals surface area contributed by atoms with Crippen LogP contribution in [-0.2, 0) is 20.1 Å². The van der Waals surface area contributed by atoms with E-state index in [9.17, 15) is 4.39 Å². The number of hydrogen-bond acceptors (Lipinski definition) is 3. The summed E-state index contributed by atoms with van der Waals surface area (Å²) in [5, 5.41) is 10.9. The molecule has 1 aromatic carbocycles. The monoisotopic (exact) mass is 298 g/mol. The Kier molecular flexibility index (Phi) is 3.86. The molecule has 1 aromatic heterocycles. The molecule has 0 radical (unpaired) electrons. The average molecular weight is 299 g/mol. The molecule has 0 atom stereocenters. The predicted octanol–water partition coefficient (Wildman–Crippen LogP) is 2.01. The molecule has 2 rings (SSSR count). The smallest absolute Gasteiger partial charge is 0.146 e. The summed E-state index contributed by atoms with van der Waals surface area (Å²) in [6.45, 7) is 1.19. The van der Waals surface area contributed by atoms with Crippen molar-refractivity contribution in [3.05, 3.63) is 46.2 Å². The number of hydrogen-bond donors (Lipinski definition) is 1. The van der Waals surface area contributed by atoms with E-state index in [1.807, 2.05) is 17.7 Å². The molecule has 0 spiro atoms. The molecule has 0 bridgehead atoms. The minimum atomic E-state index is -0.241. The van der Waals surface area contributed by atoms with Crippen LogP contribution in [0.4, 0.5) is 4.39 Å². The molecule has 1 heterocycles. The molecule has 90 valence electrons. The van der Waals surface area contributed by atoms with E-state index in [1.165, 1.54) is 12.1 Å². The van der Waals surface area contributed by atoms with Crippen LogP contribution in [0.15, 0.2) is 29.0 Å². The zero-order valence-corrected chi connectivity index (χ0v) is 10.9. The molecule has 0 aliphatic rings. The molecule has 1 N–H and O–H groups in total. The second-order valence-corrected chi connectivity index (χ2v) is 4.65. The van der Waals surface area contributed by atoms with Gasteiger partial charge in [-0.2, -0.15) is 0 Å². The Bertz CT molecular complexity index is 492. The fraction of sp³-hybridized carbons (Fsp3) is 0.273. The number of nitrogens with one attached hydrogen (secondary N) is 1. The third kappa shape index (κ3) is 3.34. The first-order valence-electron chi connectivity index (χ1n) is 5.14. The van der Waals surface area contributed by atoms with Gasteiger partial charge >= 0.3 is 0 Å². The molecule has 0 saturated heterocycles. The third-order valence-corrected chi connectivity index (χ3v) is 2.80. The van der Waals surface area contributed by atoms with Gasteiger partial charge < -0.3 is 9.88 Å². The fourth-order valence-corrected chi connectivity index (χ4v) is 2.01. The van der Waals surface area contributed by atoms with Crippen LogP contribution in [0.5, 0.6) is 0 Å². The average Bonchev–Trinajstić information content (AvgIpc) is 2.63. The SMILES string of the molecule is Cn1cnnc1CNCc1cc(F)cc(Br)c1. The lowest BCUT2D eigenvalue weighted by molar-refractivity contribution is 0.611. The van der Waals surface area contributed by atoms with Crippen molar-refractivity contribution in [2.24, 2.45) is 7.05 Å². The first kappa shape index (κ1) is 12.2. The number of nitrogens with zero attached hydrogens (tertiary/aromatic N) is 3. The minimum absolute atomic E-state index is 0.241. The lowest BCUT2D eigenvalue weighted by Gasteiger charge is -2.05. The van der Waals surface area contributed by atoms with Gasteiger partial charge in [-0.05, 0) is 23.8 Å². The van der Waals surface area contributed by atoms with Gasteiger partial charge in [0.2, 0.25) is 0 Å². The van der Waals surface area contributed by atoms with Crippen molar-refractivity contribution >= 4 is 15.9 Å². The Morgan fingerprint density at radius 1 is 1.35 bits per heavy atom. The molecule has 6 heteroatoms. The molecule has 0 fully saturated rings. The van der Waals surface area contributed by atoms with Crippen LogP contribution >= 0.6 is 15.9 Å². The normalized spacial score (nSPS) is 10.8. The molecule has 0 aliphatic carbocycles. The van der Waals surface area contributed by atoms with Crippen molar-refractivity contribution in [2.75, 3.05) is 0 Å². The van der Waals surface area contributed by atoms with Gasteiger partial charge in [0, 0.05) is 18.1 Å². The fourth-order valence-electron chi connectivity index (χ4n) is 1.50. The van der Waals surface area contributed by atoms with Crippen molar-refractivity contribution in [2.45, 2.75) is 13.1 Å². The first-order chi connectivity index (χ1) is 8.15. The zero-order chi connectivity index (χ0) is 12.3. The van der Waals surface area contributed by atoms with Crippen LogP contribution in [-0.4, -0.2) is 14.8 Å². The highest BCUT2D eigenvalue weighted by atomic mass is 79.9.